The summed E-state index contributed by atoms with van der Waals surface area (Å²) in [6.45, 7) is 0. The summed E-state index contributed by atoms with van der Waals surface area (Å²) in [6, 6.07) is 7.69. The van der Waals surface area contributed by atoms with Crippen LogP contribution in [-0.4, -0.2) is 30.6 Å². The van der Waals surface area contributed by atoms with E-state index in [0.717, 1.165) is 9.92 Å². The van der Waals surface area contributed by atoms with E-state index in [1.807, 2.05) is 38.4 Å². The average Bonchev–Trinajstić information content (AvgIpc) is 2.16. The number of benzene rings is 1. The Morgan fingerprint density at radius 2 is 2.07 bits per heavy atom. The number of nitrogens with one attached hydrogen (secondary N) is 1. The number of thioether (sulfide) groups is 1. The van der Waals surface area contributed by atoms with Crippen LogP contribution >= 0.6 is 23.4 Å². The van der Waals surface area contributed by atoms with Gasteiger partial charge < -0.3 is 4.90 Å². The average molecular weight is 229 g/mol. The zero-order valence-electron chi connectivity index (χ0n) is 8.25. The Morgan fingerprint density at radius 1 is 1.43 bits per heavy atom. The first-order valence-electron chi connectivity index (χ1n) is 4.23. The molecule has 0 aliphatic rings. The summed E-state index contributed by atoms with van der Waals surface area (Å²) in [5.74, 6) is 1.24. The van der Waals surface area contributed by atoms with Crippen molar-refractivity contribution < 1.29 is 0 Å². The first-order valence-corrected chi connectivity index (χ1v) is 5.59. The van der Waals surface area contributed by atoms with Gasteiger partial charge in [0.05, 0.1) is 10.8 Å². The summed E-state index contributed by atoms with van der Waals surface area (Å²) in [7, 11) is 3.74. The molecule has 1 N–H and O–H groups in total. The molecule has 0 aliphatic heterocycles. The largest absolute Gasteiger partial charge is 0.366 e. The molecular formula is C10H13ClN2S. The van der Waals surface area contributed by atoms with E-state index in [0.29, 0.717) is 11.6 Å². The molecule has 0 bridgehead atoms. The molecule has 0 unspecified atom stereocenters. The van der Waals surface area contributed by atoms with E-state index in [9.17, 15) is 0 Å². The molecular weight excluding hydrogens is 216 g/mol. The zero-order valence-corrected chi connectivity index (χ0v) is 9.82. The van der Waals surface area contributed by atoms with Gasteiger partial charge in [0, 0.05) is 19.0 Å². The fourth-order valence-corrected chi connectivity index (χ4v) is 2.07. The number of amidine groups is 1. The quantitative estimate of drug-likeness (QED) is 0.489. The van der Waals surface area contributed by atoms with Crippen molar-refractivity contribution in [3.63, 3.8) is 0 Å². The zero-order chi connectivity index (χ0) is 10.6. The van der Waals surface area contributed by atoms with Crippen molar-refractivity contribution in [2.24, 2.45) is 0 Å². The van der Waals surface area contributed by atoms with E-state index in [-0.39, 0.29) is 0 Å². The van der Waals surface area contributed by atoms with Crippen molar-refractivity contribution in [1.29, 1.82) is 5.41 Å². The molecule has 4 heteroatoms. The number of hydrogen-bond donors (Lipinski definition) is 1. The van der Waals surface area contributed by atoms with Gasteiger partial charge in [-0.05, 0) is 12.1 Å². The molecule has 0 radical (unpaired) electrons. The van der Waals surface area contributed by atoms with Crippen molar-refractivity contribution in [2.75, 3.05) is 19.8 Å². The normalized spacial score (nSPS) is 9.93. The Morgan fingerprint density at radius 3 is 2.64 bits per heavy atom. The highest BCUT2D eigenvalue weighted by atomic mass is 35.5. The Balaban J connectivity index is 2.54. The maximum atomic E-state index is 7.63. The van der Waals surface area contributed by atoms with Gasteiger partial charge in [0.15, 0.2) is 0 Å². The van der Waals surface area contributed by atoms with Crippen molar-refractivity contribution >= 4 is 29.2 Å². The third-order valence-corrected chi connectivity index (χ3v) is 3.27. The van der Waals surface area contributed by atoms with Gasteiger partial charge in [-0.25, -0.2) is 0 Å². The highest BCUT2D eigenvalue weighted by molar-refractivity contribution is 8.00. The van der Waals surface area contributed by atoms with E-state index < -0.39 is 0 Å². The highest BCUT2D eigenvalue weighted by Crippen LogP contribution is 2.26. The van der Waals surface area contributed by atoms with Gasteiger partial charge in [-0.1, -0.05) is 23.7 Å². The SMILES string of the molecule is CN(C)C(=N)CSc1ccccc1Cl. The first-order chi connectivity index (χ1) is 6.61. The van der Waals surface area contributed by atoms with Crippen molar-refractivity contribution in [1.82, 2.24) is 4.90 Å². The van der Waals surface area contributed by atoms with Crippen LogP contribution < -0.4 is 0 Å². The summed E-state index contributed by atoms with van der Waals surface area (Å²) in [6.07, 6.45) is 0. The predicted molar refractivity (Wildman–Crippen MR) is 63.6 cm³/mol. The van der Waals surface area contributed by atoms with E-state index in [4.69, 9.17) is 17.0 Å². The van der Waals surface area contributed by atoms with Crippen LogP contribution in [0.5, 0.6) is 0 Å². The van der Waals surface area contributed by atoms with E-state index in [1.165, 1.54) is 0 Å². The maximum Gasteiger partial charge on any atom is 0.106 e. The second kappa shape index (κ2) is 5.27. The van der Waals surface area contributed by atoms with Crippen LogP contribution in [0.2, 0.25) is 5.02 Å². The van der Waals surface area contributed by atoms with Crippen molar-refractivity contribution in [3.8, 4) is 0 Å². The molecule has 14 heavy (non-hydrogen) atoms. The molecule has 1 rings (SSSR count). The number of nitrogens with zero attached hydrogens (tertiary/aromatic N) is 1. The molecule has 0 heterocycles. The standard InChI is InChI=1S/C10H13ClN2S/c1-13(2)10(12)7-14-9-6-4-3-5-8(9)11/h3-6,12H,7H2,1-2H3. The molecule has 0 aliphatic carbocycles. The predicted octanol–water partition coefficient (Wildman–Crippen LogP) is 2.97. The topological polar surface area (TPSA) is 27.1 Å². The lowest BCUT2D eigenvalue weighted by atomic mass is 10.4. The lowest BCUT2D eigenvalue weighted by Gasteiger charge is -2.13. The smallest absolute Gasteiger partial charge is 0.106 e. The van der Waals surface area contributed by atoms with Gasteiger partial charge in [0.25, 0.3) is 0 Å². The highest BCUT2D eigenvalue weighted by Gasteiger charge is 2.03. The van der Waals surface area contributed by atoms with E-state index in [2.05, 4.69) is 0 Å². The monoisotopic (exact) mass is 228 g/mol. The van der Waals surface area contributed by atoms with Crippen molar-refractivity contribution in [3.05, 3.63) is 29.3 Å². The molecule has 0 saturated carbocycles. The second-order valence-corrected chi connectivity index (χ2v) is 4.48. The van der Waals surface area contributed by atoms with E-state index >= 15 is 0 Å². The van der Waals surface area contributed by atoms with Crippen LogP contribution in [0.15, 0.2) is 29.2 Å². The van der Waals surface area contributed by atoms with Crippen LogP contribution in [0, 0.1) is 5.41 Å². The van der Waals surface area contributed by atoms with E-state index in [1.54, 1.807) is 16.7 Å². The van der Waals surface area contributed by atoms with Crippen LogP contribution in [0.25, 0.3) is 0 Å². The summed E-state index contributed by atoms with van der Waals surface area (Å²) in [5, 5.41) is 8.38. The first kappa shape index (κ1) is 11.4. The van der Waals surface area contributed by atoms with Gasteiger partial charge >= 0.3 is 0 Å². The lowest BCUT2D eigenvalue weighted by Crippen LogP contribution is -2.22. The Hall–Kier alpha value is -0.670. The van der Waals surface area contributed by atoms with Gasteiger partial charge in [0.2, 0.25) is 0 Å². The molecule has 0 atom stereocenters. The fraction of sp³-hybridized carbons (Fsp3) is 0.300. The summed E-state index contributed by atoms with van der Waals surface area (Å²) in [4.78, 5) is 2.82. The Bertz CT molecular complexity index is 326. The molecule has 0 saturated heterocycles. The molecule has 1 aromatic carbocycles. The van der Waals surface area contributed by atoms with Crippen LogP contribution in [0.3, 0.4) is 0 Å². The number of rotatable bonds is 3. The second-order valence-electron chi connectivity index (χ2n) is 3.06. The molecule has 2 nitrogen and oxygen atoms in total. The third-order valence-electron chi connectivity index (χ3n) is 1.74. The number of hydrogen-bond acceptors (Lipinski definition) is 2. The minimum absolute atomic E-state index is 0.593. The lowest BCUT2D eigenvalue weighted by molar-refractivity contribution is 0.615. The minimum Gasteiger partial charge on any atom is -0.366 e. The van der Waals surface area contributed by atoms with Gasteiger partial charge in [-0.15, -0.1) is 11.8 Å². The van der Waals surface area contributed by atoms with Crippen molar-refractivity contribution in [2.45, 2.75) is 4.90 Å². The van der Waals surface area contributed by atoms with Gasteiger partial charge in [-0.3, -0.25) is 5.41 Å². The molecule has 0 fully saturated rings. The van der Waals surface area contributed by atoms with Crippen LogP contribution in [0.4, 0.5) is 0 Å². The maximum absolute atomic E-state index is 7.63. The summed E-state index contributed by atoms with van der Waals surface area (Å²) < 4.78 is 0. The number of halogens is 1. The molecule has 1 aromatic rings. The molecule has 76 valence electrons. The summed E-state index contributed by atoms with van der Waals surface area (Å²) >= 11 is 7.57. The summed E-state index contributed by atoms with van der Waals surface area (Å²) in [5.41, 5.74) is 0. The van der Waals surface area contributed by atoms with Gasteiger partial charge in [0.1, 0.15) is 5.84 Å². The molecule has 0 amide bonds. The molecule has 0 aromatic heterocycles. The fourth-order valence-electron chi connectivity index (χ4n) is 0.837. The van der Waals surface area contributed by atoms with Crippen LogP contribution in [0.1, 0.15) is 0 Å². The third kappa shape index (κ3) is 3.24. The van der Waals surface area contributed by atoms with Crippen LogP contribution in [-0.2, 0) is 0 Å². The van der Waals surface area contributed by atoms with Gasteiger partial charge in [-0.2, -0.15) is 0 Å². The Kier molecular flexibility index (Phi) is 4.29. The Labute approximate surface area is 93.8 Å². The molecule has 0 spiro atoms. The minimum atomic E-state index is 0.593.